The maximum atomic E-state index is 6.10. The van der Waals surface area contributed by atoms with E-state index in [2.05, 4.69) is 52.4 Å². The Morgan fingerprint density at radius 2 is 1.79 bits per heavy atom. The van der Waals surface area contributed by atoms with E-state index >= 15 is 0 Å². The van der Waals surface area contributed by atoms with Gasteiger partial charge in [0.05, 0.1) is 12.0 Å². The van der Waals surface area contributed by atoms with E-state index in [9.17, 15) is 0 Å². The zero-order valence-electron chi connectivity index (χ0n) is 14.4. The first-order valence-electron chi connectivity index (χ1n) is 7.96. The van der Waals surface area contributed by atoms with Gasteiger partial charge in [0, 0.05) is 21.7 Å². The molecule has 2 aromatic rings. The number of nitrogens with zero attached hydrogens (tertiary/aromatic N) is 2. The summed E-state index contributed by atoms with van der Waals surface area (Å²) >= 11 is 8.33. The van der Waals surface area contributed by atoms with Crippen molar-refractivity contribution in [3.8, 4) is 11.5 Å². The van der Waals surface area contributed by atoms with Crippen LogP contribution in [0.3, 0.4) is 0 Å². The van der Waals surface area contributed by atoms with Crippen molar-refractivity contribution >= 4 is 46.2 Å². The molecule has 0 saturated heterocycles. The van der Waals surface area contributed by atoms with Crippen LogP contribution in [0, 0.1) is 17.4 Å². The van der Waals surface area contributed by atoms with Crippen LogP contribution in [0.2, 0.25) is 5.02 Å². The Morgan fingerprint density at radius 3 is 2.42 bits per heavy atom. The third-order valence-corrected chi connectivity index (χ3v) is 4.57. The van der Waals surface area contributed by atoms with E-state index in [1.54, 1.807) is 0 Å². The van der Waals surface area contributed by atoms with Crippen molar-refractivity contribution in [3.05, 3.63) is 50.1 Å². The van der Waals surface area contributed by atoms with Crippen LogP contribution in [0.25, 0.3) is 0 Å². The average Bonchev–Trinajstić information content (AvgIpc) is 2.51. The lowest BCUT2D eigenvalue weighted by Crippen LogP contribution is -2.20. The number of ether oxygens (including phenoxy) is 1. The number of rotatable bonds is 6. The summed E-state index contributed by atoms with van der Waals surface area (Å²) in [6.45, 7) is 10.2. The molecule has 2 aromatic carbocycles. The lowest BCUT2D eigenvalue weighted by Gasteiger charge is -2.15. The number of hydrogen-bond acceptors (Lipinski definition) is 2. The van der Waals surface area contributed by atoms with Crippen molar-refractivity contribution in [2.24, 2.45) is 4.99 Å². The first kappa shape index (κ1) is 19.1. The maximum Gasteiger partial charge on any atom is 0.130 e. The molecular formula is C19H22ClIN2O. The van der Waals surface area contributed by atoms with Crippen LogP contribution in [0.4, 0.5) is 5.69 Å². The lowest BCUT2D eigenvalue weighted by atomic mass is 10.1. The van der Waals surface area contributed by atoms with E-state index in [4.69, 9.17) is 16.3 Å². The summed E-state index contributed by atoms with van der Waals surface area (Å²) < 4.78 is 7.07. The molecule has 0 amide bonds. The minimum absolute atomic E-state index is 0.673. The topological polar surface area (TPSA) is 24.8 Å². The smallest absolute Gasteiger partial charge is 0.130 e. The van der Waals surface area contributed by atoms with Gasteiger partial charge in [0.25, 0.3) is 0 Å². The second kappa shape index (κ2) is 8.72. The molecule has 0 unspecified atom stereocenters. The Labute approximate surface area is 162 Å². The van der Waals surface area contributed by atoms with Gasteiger partial charge in [0.1, 0.15) is 11.5 Å². The molecule has 0 heterocycles. The molecule has 0 aliphatic carbocycles. The second-order valence-corrected chi connectivity index (χ2v) is 7.26. The van der Waals surface area contributed by atoms with Crippen LogP contribution in [-0.4, -0.2) is 24.3 Å². The normalized spacial score (nSPS) is 11.1. The van der Waals surface area contributed by atoms with Gasteiger partial charge in [-0.05, 0) is 91.7 Å². The monoisotopic (exact) mass is 456 g/mol. The molecule has 0 aliphatic heterocycles. The van der Waals surface area contributed by atoms with Crippen LogP contribution in [0.5, 0.6) is 11.5 Å². The highest BCUT2D eigenvalue weighted by molar-refractivity contribution is 14.1. The predicted molar refractivity (Wildman–Crippen MR) is 111 cm³/mol. The van der Waals surface area contributed by atoms with Crippen LogP contribution < -0.4 is 4.74 Å². The Balaban J connectivity index is 2.26. The van der Waals surface area contributed by atoms with Crippen LogP contribution in [-0.2, 0) is 0 Å². The highest BCUT2D eigenvalue weighted by Crippen LogP contribution is 2.33. The van der Waals surface area contributed by atoms with Gasteiger partial charge >= 0.3 is 0 Å². The minimum atomic E-state index is 0.673. The lowest BCUT2D eigenvalue weighted by molar-refractivity contribution is 0.477. The molecule has 0 spiro atoms. The van der Waals surface area contributed by atoms with Gasteiger partial charge in [-0.25, -0.2) is 4.99 Å². The Kier molecular flexibility index (Phi) is 6.92. The van der Waals surface area contributed by atoms with E-state index in [0.717, 1.165) is 45.0 Å². The number of benzene rings is 2. The fraction of sp³-hybridized carbons (Fsp3) is 0.316. The summed E-state index contributed by atoms with van der Waals surface area (Å²) in [7, 11) is 0. The van der Waals surface area contributed by atoms with Crippen molar-refractivity contribution in [1.29, 1.82) is 0 Å². The first-order chi connectivity index (χ1) is 11.4. The van der Waals surface area contributed by atoms with E-state index in [0.29, 0.717) is 5.02 Å². The minimum Gasteiger partial charge on any atom is -0.457 e. The summed E-state index contributed by atoms with van der Waals surface area (Å²) in [5, 5.41) is 0.673. The van der Waals surface area contributed by atoms with Crippen LogP contribution in [0.15, 0.2) is 35.3 Å². The van der Waals surface area contributed by atoms with E-state index in [1.807, 2.05) is 44.5 Å². The summed E-state index contributed by atoms with van der Waals surface area (Å²) in [5.74, 6) is 1.57. The Hall–Kier alpha value is -1.27. The number of hydrogen-bond donors (Lipinski definition) is 0. The van der Waals surface area contributed by atoms with Crippen molar-refractivity contribution in [1.82, 2.24) is 4.90 Å². The van der Waals surface area contributed by atoms with Gasteiger partial charge in [-0.2, -0.15) is 0 Å². The van der Waals surface area contributed by atoms with Gasteiger partial charge in [0.2, 0.25) is 0 Å². The standard InChI is InChI=1S/C19H22ClIN2O/c1-5-23(6-2)12-22-18-7-14(4)19(8-13(18)3)24-17-10-15(20)9-16(21)11-17/h7-12H,5-6H2,1-4H3/b22-12+. The molecule has 0 N–H and O–H groups in total. The Morgan fingerprint density at radius 1 is 1.08 bits per heavy atom. The van der Waals surface area contributed by atoms with Crippen molar-refractivity contribution in [3.63, 3.8) is 0 Å². The molecule has 0 aliphatic rings. The van der Waals surface area contributed by atoms with Gasteiger partial charge in [-0.1, -0.05) is 11.6 Å². The molecule has 0 atom stereocenters. The summed E-state index contributed by atoms with van der Waals surface area (Å²) in [6, 6.07) is 9.77. The van der Waals surface area contributed by atoms with Gasteiger partial charge < -0.3 is 9.64 Å². The molecule has 5 heteroatoms. The molecule has 0 saturated carbocycles. The molecule has 2 rings (SSSR count). The van der Waals surface area contributed by atoms with Crippen molar-refractivity contribution in [2.45, 2.75) is 27.7 Å². The molecule has 128 valence electrons. The first-order valence-corrected chi connectivity index (χ1v) is 9.42. The van der Waals surface area contributed by atoms with E-state index < -0.39 is 0 Å². The third-order valence-electron chi connectivity index (χ3n) is 3.73. The van der Waals surface area contributed by atoms with E-state index in [1.165, 1.54) is 0 Å². The SMILES string of the molecule is CCN(/C=N/c1cc(C)c(Oc2cc(Cl)cc(I)c2)cc1C)CC. The molecule has 0 fully saturated rings. The fourth-order valence-electron chi connectivity index (χ4n) is 2.27. The molecule has 3 nitrogen and oxygen atoms in total. The largest absolute Gasteiger partial charge is 0.457 e. The number of aliphatic imine (C=N–C) groups is 1. The van der Waals surface area contributed by atoms with E-state index in [-0.39, 0.29) is 0 Å². The van der Waals surface area contributed by atoms with Gasteiger partial charge in [-0.3, -0.25) is 0 Å². The predicted octanol–water partition coefficient (Wildman–Crippen LogP) is 6.36. The van der Waals surface area contributed by atoms with Gasteiger partial charge in [-0.15, -0.1) is 0 Å². The highest BCUT2D eigenvalue weighted by atomic mass is 127. The van der Waals surface area contributed by atoms with Crippen molar-refractivity contribution in [2.75, 3.05) is 13.1 Å². The fourth-order valence-corrected chi connectivity index (χ4v) is 3.32. The quantitative estimate of drug-likeness (QED) is 0.287. The van der Waals surface area contributed by atoms with Gasteiger partial charge in [0.15, 0.2) is 0 Å². The molecule has 0 radical (unpaired) electrons. The molecule has 0 aromatic heterocycles. The van der Waals surface area contributed by atoms with Crippen LogP contribution in [0.1, 0.15) is 25.0 Å². The molecular weight excluding hydrogens is 435 g/mol. The maximum absolute atomic E-state index is 6.10. The molecule has 24 heavy (non-hydrogen) atoms. The van der Waals surface area contributed by atoms with Crippen LogP contribution >= 0.6 is 34.2 Å². The number of halogens is 2. The number of aryl methyl sites for hydroxylation is 2. The summed E-state index contributed by atoms with van der Waals surface area (Å²) in [6.07, 6.45) is 1.90. The Bertz CT molecular complexity index is 722. The summed E-state index contributed by atoms with van der Waals surface area (Å²) in [5.41, 5.74) is 3.09. The van der Waals surface area contributed by atoms with Crippen molar-refractivity contribution < 1.29 is 4.74 Å². The zero-order chi connectivity index (χ0) is 17.7. The average molecular weight is 457 g/mol. The summed E-state index contributed by atoms with van der Waals surface area (Å²) in [4.78, 5) is 6.77. The molecule has 0 bridgehead atoms. The highest BCUT2D eigenvalue weighted by Gasteiger charge is 2.08. The zero-order valence-corrected chi connectivity index (χ0v) is 17.4. The third kappa shape index (κ3) is 5.11. The second-order valence-electron chi connectivity index (χ2n) is 5.58.